The van der Waals surface area contributed by atoms with Crippen molar-refractivity contribution < 1.29 is 9.90 Å². The molecule has 0 fully saturated rings. The van der Waals surface area contributed by atoms with Crippen LogP contribution < -0.4 is 0 Å². The molecule has 0 aliphatic rings. The minimum absolute atomic E-state index is 0.0161. The Morgan fingerprint density at radius 2 is 2.07 bits per heavy atom. The number of nitrogens with zero attached hydrogens (tertiary/aromatic N) is 1. The molecular weight excluding hydrogens is 178 g/mol. The fourth-order valence-corrected chi connectivity index (χ4v) is 1.26. The van der Waals surface area contributed by atoms with Crippen molar-refractivity contribution in [3.05, 3.63) is 34.9 Å². The molecule has 0 aromatic heterocycles. The number of aryl methyl sites for hydroxylation is 1. The van der Waals surface area contributed by atoms with Crippen molar-refractivity contribution in [3.8, 4) is 0 Å². The van der Waals surface area contributed by atoms with Crippen LogP contribution >= 0.6 is 0 Å². The lowest BCUT2D eigenvalue weighted by molar-refractivity contribution is 0.0827. The van der Waals surface area contributed by atoms with E-state index in [1.165, 1.54) is 4.90 Å². The molecule has 1 aromatic carbocycles. The third-order valence-corrected chi connectivity index (χ3v) is 2.17. The van der Waals surface area contributed by atoms with Crippen molar-refractivity contribution in [1.82, 2.24) is 4.90 Å². The SMILES string of the molecule is Cc1cc(C(=O)N(C)C)ccc1CO. The Morgan fingerprint density at radius 3 is 2.50 bits per heavy atom. The first kappa shape index (κ1) is 10.7. The number of carbonyl (C=O) groups excluding carboxylic acids is 1. The summed E-state index contributed by atoms with van der Waals surface area (Å²) < 4.78 is 0. The average molecular weight is 193 g/mol. The summed E-state index contributed by atoms with van der Waals surface area (Å²) in [5, 5.41) is 8.96. The van der Waals surface area contributed by atoms with E-state index in [4.69, 9.17) is 5.11 Å². The van der Waals surface area contributed by atoms with Gasteiger partial charge in [-0.2, -0.15) is 0 Å². The van der Waals surface area contributed by atoms with Gasteiger partial charge < -0.3 is 10.0 Å². The van der Waals surface area contributed by atoms with Gasteiger partial charge in [0.05, 0.1) is 6.61 Å². The number of benzene rings is 1. The molecule has 0 aliphatic carbocycles. The van der Waals surface area contributed by atoms with Gasteiger partial charge in [0, 0.05) is 19.7 Å². The summed E-state index contributed by atoms with van der Waals surface area (Å²) in [5.41, 5.74) is 2.46. The van der Waals surface area contributed by atoms with Crippen molar-refractivity contribution in [2.24, 2.45) is 0 Å². The Morgan fingerprint density at radius 1 is 1.43 bits per heavy atom. The summed E-state index contributed by atoms with van der Waals surface area (Å²) in [6.45, 7) is 1.90. The highest BCUT2D eigenvalue weighted by molar-refractivity contribution is 5.94. The Balaban J connectivity index is 3.03. The Bertz CT molecular complexity index is 345. The largest absolute Gasteiger partial charge is 0.392 e. The van der Waals surface area contributed by atoms with Gasteiger partial charge in [-0.15, -0.1) is 0 Å². The topological polar surface area (TPSA) is 40.5 Å². The molecule has 0 unspecified atom stereocenters. The van der Waals surface area contributed by atoms with Crippen LogP contribution in [0.1, 0.15) is 21.5 Å². The van der Waals surface area contributed by atoms with Crippen molar-refractivity contribution in [1.29, 1.82) is 0 Å². The predicted molar refractivity (Wildman–Crippen MR) is 55.1 cm³/mol. The van der Waals surface area contributed by atoms with Crippen LogP contribution in [0.5, 0.6) is 0 Å². The molecule has 0 saturated carbocycles. The van der Waals surface area contributed by atoms with E-state index >= 15 is 0 Å². The Kier molecular flexibility index (Phi) is 3.25. The van der Waals surface area contributed by atoms with E-state index < -0.39 is 0 Å². The molecule has 14 heavy (non-hydrogen) atoms. The van der Waals surface area contributed by atoms with E-state index in [1.807, 2.05) is 6.92 Å². The van der Waals surface area contributed by atoms with Crippen LogP contribution in [0.25, 0.3) is 0 Å². The summed E-state index contributed by atoms with van der Waals surface area (Å²) >= 11 is 0. The molecule has 0 spiro atoms. The number of hydrogen-bond acceptors (Lipinski definition) is 2. The van der Waals surface area contributed by atoms with E-state index in [1.54, 1.807) is 32.3 Å². The van der Waals surface area contributed by atoms with Gasteiger partial charge in [-0.05, 0) is 30.2 Å². The van der Waals surface area contributed by atoms with Crippen molar-refractivity contribution in [2.45, 2.75) is 13.5 Å². The summed E-state index contributed by atoms with van der Waals surface area (Å²) in [4.78, 5) is 13.1. The molecule has 0 radical (unpaired) electrons. The fraction of sp³-hybridized carbons (Fsp3) is 0.364. The first-order valence-electron chi connectivity index (χ1n) is 4.48. The highest BCUT2D eigenvalue weighted by atomic mass is 16.3. The van der Waals surface area contributed by atoms with Gasteiger partial charge in [0.2, 0.25) is 0 Å². The summed E-state index contributed by atoms with van der Waals surface area (Å²) in [6.07, 6.45) is 0. The summed E-state index contributed by atoms with van der Waals surface area (Å²) in [6, 6.07) is 5.32. The maximum absolute atomic E-state index is 11.6. The van der Waals surface area contributed by atoms with Crippen LogP contribution in [0, 0.1) is 6.92 Å². The van der Waals surface area contributed by atoms with Crippen LogP contribution in [0.3, 0.4) is 0 Å². The second-order valence-electron chi connectivity index (χ2n) is 3.50. The third kappa shape index (κ3) is 2.12. The third-order valence-electron chi connectivity index (χ3n) is 2.17. The fourth-order valence-electron chi connectivity index (χ4n) is 1.26. The highest BCUT2D eigenvalue weighted by Gasteiger charge is 2.08. The van der Waals surface area contributed by atoms with Gasteiger partial charge in [-0.1, -0.05) is 6.07 Å². The van der Waals surface area contributed by atoms with Gasteiger partial charge in [0.15, 0.2) is 0 Å². The van der Waals surface area contributed by atoms with Crippen molar-refractivity contribution in [2.75, 3.05) is 14.1 Å². The van der Waals surface area contributed by atoms with E-state index in [9.17, 15) is 4.79 Å². The molecule has 0 atom stereocenters. The lowest BCUT2D eigenvalue weighted by atomic mass is 10.1. The maximum Gasteiger partial charge on any atom is 0.253 e. The van der Waals surface area contributed by atoms with Gasteiger partial charge in [-0.3, -0.25) is 4.79 Å². The highest BCUT2D eigenvalue weighted by Crippen LogP contribution is 2.12. The van der Waals surface area contributed by atoms with Gasteiger partial charge in [0.25, 0.3) is 5.91 Å². The van der Waals surface area contributed by atoms with Crippen molar-refractivity contribution in [3.63, 3.8) is 0 Å². The lowest BCUT2D eigenvalue weighted by Gasteiger charge is -2.11. The normalized spacial score (nSPS) is 10.0. The van der Waals surface area contributed by atoms with E-state index in [-0.39, 0.29) is 12.5 Å². The number of rotatable bonds is 2. The van der Waals surface area contributed by atoms with Crippen LogP contribution in [-0.4, -0.2) is 30.0 Å². The zero-order chi connectivity index (χ0) is 10.7. The van der Waals surface area contributed by atoms with Crippen LogP contribution in [0.15, 0.2) is 18.2 Å². The quantitative estimate of drug-likeness (QED) is 0.766. The van der Waals surface area contributed by atoms with Crippen LogP contribution in [0.4, 0.5) is 0 Å². The molecule has 1 rings (SSSR count). The molecule has 1 aromatic rings. The number of aliphatic hydroxyl groups is 1. The van der Waals surface area contributed by atoms with Gasteiger partial charge in [-0.25, -0.2) is 0 Å². The van der Waals surface area contributed by atoms with Crippen LogP contribution in [-0.2, 0) is 6.61 Å². The number of aliphatic hydroxyl groups excluding tert-OH is 1. The first-order chi connectivity index (χ1) is 6.56. The van der Waals surface area contributed by atoms with E-state index in [0.29, 0.717) is 5.56 Å². The van der Waals surface area contributed by atoms with Crippen molar-refractivity contribution >= 4 is 5.91 Å². The minimum atomic E-state index is -0.0161. The molecule has 3 heteroatoms. The molecule has 1 amide bonds. The maximum atomic E-state index is 11.6. The molecule has 0 bridgehead atoms. The molecular formula is C11H15NO2. The van der Waals surface area contributed by atoms with E-state index in [2.05, 4.69) is 0 Å². The number of carbonyl (C=O) groups is 1. The minimum Gasteiger partial charge on any atom is -0.392 e. The molecule has 1 N–H and O–H groups in total. The standard InChI is InChI=1S/C11H15NO2/c1-8-6-9(11(14)12(2)3)4-5-10(8)7-13/h4-6,13H,7H2,1-3H3. The second kappa shape index (κ2) is 4.24. The first-order valence-corrected chi connectivity index (χ1v) is 4.48. The van der Waals surface area contributed by atoms with Gasteiger partial charge >= 0.3 is 0 Å². The lowest BCUT2D eigenvalue weighted by Crippen LogP contribution is -2.21. The monoisotopic (exact) mass is 193 g/mol. The molecule has 76 valence electrons. The van der Waals surface area contributed by atoms with Gasteiger partial charge in [0.1, 0.15) is 0 Å². The number of amides is 1. The zero-order valence-corrected chi connectivity index (χ0v) is 8.74. The van der Waals surface area contributed by atoms with E-state index in [0.717, 1.165) is 11.1 Å². The summed E-state index contributed by atoms with van der Waals surface area (Å²) in [5.74, 6) is -0.0161. The molecule has 3 nitrogen and oxygen atoms in total. The Labute approximate surface area is 84.0 Å². The zero-order valence-electron chi connectivity index (χ0n) is 8.74. The number of hydrogen-bond donors (Lipinski definition) is 1. The van der Waals surface area contributed by atoms with Crippen LogP contribution in [0.2, 0.25) is 0 Å². The predicted octanol–water partition coefficient (Wildman–Crippen LogP) is 1.19. The average Bonchev–Trinajstić information content (AvgIpc) is 2.16. The molecule has 0 saturated heterocycles. The molecule has 0 heterocycles. The Hall–Kier alpha value is -1.35. The second-order valence-corrected chi connectivity index (χ2v) is 3.50. The summed E-state index contributed by atoms with van der Waals surface area (Å²) in [7, 11) is 3.44. The molecule has 0 aliphatic heterocycles. The smallest absolute Gasteiger partial charge is 0.253 e.